The Morgan fingerprint density at radius 3 is 1.33 bits per heavy atom. The molecule has 0 aliphatic rings. The summed E-state index contributed by atoms with van der Waals surface area (Å²) in [5.74, 6) is 0.815. The van der Waals surface area contributed by atoms with Gasteiger partial charge in [-0.25, -0.2) is 9.59 Å². The van der Waals surface area contributed by atoms with Crippen LogP contribution in [-0.2, 0) is 9.47 Å². The zero-order chi connectivity index (χ0) is 33.1. The van der Waals surface area contributed by atoms with E-state index in [9.17, 15) is 9.59 Å². The molecule has 0 unspecified atom stereocenters. The van der Waals surface area contributed by atoms with Crippen molar-refractivity contribution in [3.8, 4) is 22.6 Å². The molecule has 0 bridgehead atoms. The summed E-state index contributed by atoms with van der Waals surface area (Å²) in [4.78, 5) is 25.6. The highest BCUT2D eigenvalue weighted by Crippen LogP contribution is 2.46. The minimum atomic E-state index is -0.350. The van der Waals surface area contributed by atoms with Gasteiger partial charge in [-0.3, -0.25) is 0 Å². The standard InChI is InChI=1S/C40H50O6/c1-7-9-11-13-23-43-35-21-17-29-25-31(39(41)45-27(3)4)15-19-33(29)37(35)38-34-20-16-32(40(42)46-28(5)6)26-30(34)18-22-36(38)44-24-14-12-10-8-2/h15-22,25-28H,7-14,23-24H2,1-6H3. The van der Waals surface area contributed by atoms with Gasteiger partial charge in [0.25, 0.3) is 0 Å². The number of unbranched alkanes of at least 4 members (excludes halogenated alkanes) is 6. The first kappa shape index (κ1) is 34.8. The molecule has 0 aliphatic heterocycles. The van der Waals surface area contributed by atoms with Crippen molar-refractivity contribution < 1.29 is 28.5 Å². The van der Waals surface area contributed by atoms with Gasteiger partial charge in [-0.1, -0.05) is 76.6 Å². The highest BCUT2D eigenvalue weighted by molar-refractivity contribution is 6.11. The molecule has 0 heterocycles. The molecule has 0 spiro atoms. The molecule has 0 saturated heterocycles. The molecule has 0 aliphatic carbocycles. The Balaban J connectivity index is 1.90. The van der Waals surface area contributed by atoms with Gasteiger partial charge in [-0.15, -0.1) is 0 Å². The van der Waals surface area contributed by atoms with Gasteiger partial charge in [0.15, 0.2) is 0 Å². The van der Waals surface area contributed by atoms with Crippen LogP contribution in [0.3, 0.4) is 0 Å². The largest absolute Gasteiger partial charge is 0.493 e. The van der Waals surface area contributed by atoms with E-state index in [4.69, 9.17) is 18.9 Å². The van der Waals surface area contributed by atoms with Crippen LogP contribution in [0.15, 0.2) is 60.7 Å². The van der Waals surface area contributed by atoms with Crippen LogP contribution in [0.2, 0.25) is 0 Å². The van der Waals surface area contributed by atoms with Gasteiger partial charge in [-0.05, 0) is 98.5 Å². The number of esters is 2. The molecular weight excluding hydrogens is 576 g/mol. The Morgan fingerprint density at radius 1 is 0.543 bits per heavy atom. The minimum absolute atomic E-state index is 0.210. The Morgan fingerprint density at radius 2 is 0.957 bits per heavy atom. The second-order valence-electron chi connectivity index (χ2n) is 12.5. The Kier molecular flexibility index (Phi) is 12.9. The maximum atomic E-state index is 12.8. The molecule has 0 amide bonds. The molecule has 4 aromatic rings. The maximum absolute atomic E-state index is 12.8. The smallest absolute Gasteiger partial charge is 0.338 e. The van der Waals surface area contributed by atoms with Gasteiger partial charge in [0.1, 0.15) is 11.5 Å². The van der Waals surface area contributed by atoms with Crippen LogP contribution in [0.1, 0.15) is 114 Å². The summed E-state index contributed by atoms with van der Waals surface area (Å²) >= 11 is 0. The first-order valence-electron chi connectivity index (χ1n) is 17.0. The number of carbonyl (C=O) groups excluding carboxylic acids is 2. The van der Waals surface area contributed by atoms with Crippen LogP contribution < -0.4 is 9.47 Å². The van der Waals surface area contributed by atoms with Crippen LogP contribution >= 0.6 is 0 Å². The van der Waals surface area contributed by atoms with E-state index in [0.717, 1.165) is 82.7 Å². The second kappa shape index (κ2) is 17.0. The molecule has 46 heavy (non-hydrogen) atoms. The first-order chi connectivity index (χ1) is 22.2. The summed E-state index contributed by atoms with van der Waals surface area (Å²) in [5.41, 5.74) is 2.81. The second-order valence-corrected chi connectivity index (χ2v) is 12.5. The summed E-state index contributed by atoms with van der Waals surface area (Å²) in [7, 11) is 0. The third-order valence-electron chi connectivity index (χ3n) is 7.88. The molecule has 0 atom stereocenters. The topological polar surface area (TPSA) is 71.1 Å². The van der Waals surface area contributed by atoms with Gasteiger partial charge in [-0.2, -0.15) is 0 Å². The van der Waals surface area contributed by atoms with Gasteiger partial charge in [0, 0.05) is 11.1 Å². The third-order valence-corrected chi connectivity index (χ3v) is 7.88. The van der Waals surface area contributed by atoms with E-state index in [1.165, 1.54) is 12.8 Å². The average molecular weight is 627 g/mol. The monoisotopic (exact) mass is 626 g/mol. The van der Waals surface area contributed by atoms with Crippen molar-refractivity contribution in [2.75, 3.05) is 13.2 Å². The van der Waals surface area contributed by atoms with Crippen LogP contribution in [0.5, 0.6) is 11.5 Å². The van der Waals surface area contributed by atoms with Crippen molar-refractivity contribution in [2.45, 2.75) is 105 Å². The van der Waals surface area contributed by atoms with Crippen LogP contribution in [0.25, 0.3) is 32.7 Å². The maximum Gasteiger partial charge on any atom is 0.338 e. The number of carbonyl (C=O) groups is 2. The molecule has 6 heteroatoms. The van der Waals surface area contributed by atoms with E-state index in [-0.39, 0.29) is 24.1 Å². The molecule has 0 N–H and O–H groups in total. The number of hydrogen-bond donors (Lipinski definition) is 0. The predicted molar refractivity (Wildman–Crippen MR) is 187 cm³/mol. The van der Waals surface area contributed by atoms with E-state index in [1.807, 2.05) is 88.4 Å². The first-order valence-corrected chi connectivity index (χ1v) is 17.0. The summed E-state index contributed by atoms with van der Waals surface area (Å²) in [5, 5.41) is 3.68. The highest BCUT2D eigenvalue weighted by atomic mass is 16.5. The molecule has 0 radical (unpaired) electrons. The molecule has 4 rings (SSSR count). The van der Waals surface area contributed by atoms with Crippen molar-refractivity contribution in [1.82, 2.24) is 0 Å². The lowest BCUT2D eigenvalue weighted by atomic mass is 9.91. The molecule has 246 valence electrons. The zero-order valence-electron chi connectivity index (χ0n) is 28.4. The normalized spacial score (nSPS) is 11.4. The molecule has 4 aromatic carbocycles. The van der Waals surface area contributed by atoms with Crippen molar-refractivity contribution in [1.29, 1.82) is 0 Å². The van der Waals surface area contributed by atoms with Crippen LogP contribution in [0, 0.1) is 0 Å². The van der Waals surface area contributed by atoms with E-state index in [0.29, 0.717) is 24.3 Å². The van der Waals surface area contributed by atoms with Gasteiger partial charge in [0.2, 0.25) is 0 Å². The molecule has 6 nitrogen and oxygen atoms in total. The SMILES string of the molecule is CCCCCCOc1ccc2cc(C(=O)OC(C)C)ccc2c1-c1c(OCCCCCC)ccc2cc(C(=O)OC(C)C)ccc12. The highest BCUT2D eigenvalue weighted by Gasteiger charge is 2.22. The van der Waals surface area contributed by atoms with Crippen molar-refractivity contribution >= 4 is 33.5 Å². The lowest BCUT2D eigenvalue weighted by molar-refractivity contribution is 0.0367. The number of fused-ring (bicyclic) bond motifs is 2. The number of rotatable bonds is 17. The average Bonchev–Trinajstić information content (AvgIpc) is 3.03. The quantitative estimate of drug-likeness (QED) is 0.0858. The third kappa shape index (κ3) is 9.02. The fourth-order valence-electron chi connectivity index (χ4n) is 5.62. The van der Waals surface area contributed by atoms with Crippen molar-refractivity contribution in [2.24, 2.45) is 0 Å². The molecule has 0 fully saturated rings. The van der Waals surface area contributed by atoms with Crippen molar-refractivity contribution in [3.63, 3.8) is 0 Å². The minimum Gasteiger partial charge on any atom is -0.493 e. The van der Waals surface area contributed by atoms with Gasteiger partial charge in [0.05, 0.1) is 36.5 Å². The van der Waals surface area contributed by atoms with Crippen LogP contribution in [-0.4, -0.2) is 37.4 Å². The fourth-order valence-corrected chi connectivity index (χ4v) is 5.62. The summed E-state index contributed by atoms with van der Waals surface area (Å²) in [6, 6.07) is 19.3. The molecule has 0 saturated carbocycles. The van der Waals surface area contributed by atoms with E-state index >= 15 is 0 Å². The lowest BCUT2D eigenvalue weighted by Crippen LogP contribution is -2.11. The summed E-state index contributed by atoms with van der Waals surface area (Å²) in [6.45, 7) is 13.0. The van der Waals surface area contributed by atoms with E-state index in [2.05, 4.69) is 13.8 Å². The molecule has 0 aromatic heterocycles. The van der Waals surface area contributed by atoms with Gasteiger partial charge < -0.3 is 18.9 Å². The molecular formula is C40H50O6. The van der Waals surface area contributed by atoms with Crippen molar-refractivity contribution in [3.05, 3.63) is 71.8 Å². The zero-order valence-corrected chi connectivity index (χ0v) is 28.4. The summed E-state index contributed by atoms with van der Waals surface area (Å²) < 4.78 is 24.0. The Bertz CT molecular complexity index is 1500. The fraction of sp³-hybridized carbons (Fsp3) is 0.450. The van der Waals surface area contributed by atoms with E-state index < -0.39 is 0 Å². The number of hydrogen-bond acceptors (Lipinski definition) is 6. The Labute approximate surface area is 274 Å². The van der Waals surface area contributed by atoms with Gasteiger partial charge >= 0.3 is 11.9 Å². The van der Waals surface area contributed by atoms with Crippen LogP contribution in [0.4, 0.5) is 0 Å². The summed E-state index contributed by atoms with van der Waals surface area (Å²) in [6.07, 6.45) is 8.37. The number of ether oxygens (including phenoxy) is 4. The predicted octanol–water partition coefficient (Wildman–Crippen LogP) is 10.7. The lowest BCUT2D eigenvalue weighted by Gasteiger charge is -2.20. The van der Waals surface area contributed by atoms with E-state index in [1.54, 1.807) is 0 Å². The Hall–Kier alpha value is -4.06. The number of benzene rings is 4.